The van der Waals surface area contributed by atoms with Crippen molar-refractivity contribution in [1.82, 2.24) is 5.32 Å². The Morgan fingerprint density at radius 3 is 1.89 bits per heavy atom. The molecule has 100 valence electrons. The minimum atomic E-state index is 0.00499. The molecular weight excluding hydrogens is 222 g/mol. The fraction of sp³-hybridized carbons (Fsp3) is 0.562. The SMILES string of the molecule is CC(C)(C)CNC(=O)c1ccc(C(C)(C)C)cc1. The molecule has 0 saturated heterocycles. The van der Waals surface area contributed by atoms with Gasteiger partial charge in [0.1, 0.15) is 0 Å². The second-order valence-electron chi connectivity index (χ2n) is 7.07. The molecule has 0 bridgehead atoms. The summed E-state index contributed by atoms with van der Waals surface area (Å²) in [7, 11) is 0. The van der Waals surface area contributed by atoms with E-state index in [1.54, 1.807) is 0 Å². The van der Waals surface area contributed by atoms with Crippen molar-refractivity contribution in [2.24, 2.45) is 5.41 Å². The maximum atomic E-state index is 11.9. The van der Waals surface area contributed by atoms with Gasteiger partial charge in [-0.2, -0.15) is 0 Å². The molecule has 1 N–H and O–H groups in total. The zero-order valence-electron chi connectivity index (χ0n) is 12.4. The molecular formula is C16H25NO. The van der Waals surface area contributed by atoms with Gasteiger partial charge in [-0.15, -0.1) is 0 Å². The molecule has 0 unspecified atom stereocenters. The van der Waals surface area contributed by atoms with Gasteiger partial charge in [0.15, 0.2) is 0 Å². The summed E-state index contributed by atoms with van der Waals surface area (Å²) in [6.45, 7) is 13.5. The van der Waals surface area contributed by atoms with E-state index in [0.29, 0.717) is 6.54 Å². The van der Waals surface area contributed by atoms with Gasteiger partial charge in [-0.05, 0) is 28.5 Å². The summed E-state index contributed by atoms with van der Waals surface area (Å²) >= 11 is 0. The molecule has 0 aliphatic heterocycles. The number of rotatable bonds is 2. The van der Waals surface area contributed by atoms with Gasteiger partial charge < -0.3 is 5.32 Å². The van der Waals surface area contributed by atoms with Crippen molar-refractivity contribution in [3.05, 3.63) is 35.4 Å². The molecule has 0 saturated carbocycles. The first-order chi connectivity index (χ1) is 8.09. The summed E-state index contributed by atoms with van der Waals surface area (Å²) in [5.41, 5.74) is 2.21. The van der Waals surface area contributed by atoms with Gasteiger partial charge in [0.05, 0.1) is 0 Å². The highest BCUT2D eigenvalue weighted by molar-refractivity contribution is 5.94. The predicted octanol–water partition coefficient (Wildman–Crippen LogP) is 3.76. The first-order valence-electron chi connectivity index (χ1n) is 6.48. The first kappa shape index (κ1) is 14.7. The Balaban J connectivity index is 2.71. The molecule has 0 aromatic heterocycles. The van der Waals surface area contributed by atoms with Gasteiger partial charge in [0.25, 0.3) is 5.91 Å². The number of hydrogen-bond acceptors (Lipinski definition) is 1. The van der Waals surface area contributed by atoms with Crippen LogP contribution in [0, 0.1) is 5.41 Å². The van der Waals surface area contributed by atoms with E-state index >= 15 is 0 Å². The highest BCUT2D eigenvalue weighted by Gasteiger charge is 2.15. The van der Waals surface area contributed by atoms with E-state index in [4.69, 9.17) is 0 Å². The lowest BCUT2D eigenvalue weighted by molar-refractivity contribution is 0.0939. The summed E-state index contributed by atoms with van der Waals surface area (Å²) in [5.74, 6) is 0.00499. The van der Waals surface area contributed by atoms with E-state index < -0.39 is 0 Å². The Hall–Kier alpha value is -1.31. The summed E-state index contributed by atoms with van der Waals surface area (Å²) < 4.78 is 0. The topological polar surface area (TPSA) is 29.1 Å². The molecule has 0 heterocycles. The van der Waals surface area contributed by atoms with Crippen molar-refractivity contribution in [3.8, 4) is 0 Å². The molecule has 1 amide bonds. The van der Waals surface area contributed by atoms with E-state index in [1.165, 1.54) is 5.56 Å². The van der Waals surface area contributed by atoms with Crippen LogP contribution in [0.25, 0.3) is 0 Å². The van der Waals surface area contributed by atoms with Crippen LogP contribution >= 0.6 is 0 Å². The highest BCUT2D eigenvalue weighted by atomic mass is 16.1. The average molecular weight is 247 g/mol. The fourth-order valence-electron chi connectivity index (χ4n) is 1.57. The standard InChI is InChI=1S/C16H25NO/c1-15(2,3)11-17-14(18)12-7-9-13(10-8-12)16(4,5)6/h7-10H,11H2,1-6H3,(H,17,18). The van der Waals surface area contributed by atoms with Crippen molar-refractivity contribution in [3.63, 3.8) is 0 Å². The Labute approximate surface area is 111 Å². The van der Waals surface area contributed by atoms with Gasteiger partial charge in [-0.25, -0.2) is 0 Å². The molecule has 1 aromatic rings. The molecule has 1 aromatic carbocycles. The fourth-order valence-corrected chi connectivity index (χ4v) is 1.57. The molecule has 2 heteroatoms. The van der Waals surface area contributed by atoms with E-state index in [2.05, 4.69) is 46.9 Å². The third-order valence-electron chi connectivity index (χ3n) is 2.79. The molecule has 0 aliphatic carbocycles. The van der Waals surface area contributed by atoms with Crippen molar-refractivity contribution < 1.29 is 4.79 Å². The lowest BCUT2D eigenvalue weighted by Gasteiger charge is -2.20. The van der Waals surface area contributed by atoms with Crippen molar-refractivity contribution in [2.45, 2.75) is 47.0 Å². The van der Waals surface area contributed by atoms with Gasteiger partial charge in [-0.1, -0.05) is 53.7 Å². The van der Waals surface area contributed by atoms with E-state index in [0.717, 1.165) is 5.56 Å². The third kappa shape index (κ3) is 4.52. The molecule has 0 radical (unpaired) electrons. The molecule has 1 rings (SSSR count). The van der Waals surface area contributed by atoms with Crippen LogP contribution in [0.4, 0.5) is 0 Å². The Morgan fingerprint density at radius 1 is 1.00 bits per heavy atom. The Morgan fingerprint density at radius 2 is 1.50 bits per heavy atom. The molecule has 0 spiro atoms. The Bertz CT molecular complexity index is 404. The normalized spacial score (nSPS) is 12.3. The highest BCUT2D eigenvalue weighted by Crippen LogP contribution is 2.22. The van der Waals surface area contributed by atoms with Gasteiger partial charge >= 0.3 is 0 Å². The second kappa shape index (κ2) is 5.13. The average Bonchev–Trinajstić information content (AvgIpc) is 2.24. The number of benzene rings is 1. The number of nitrogens with one attached hydrogen (secondary N) is 1. The van der Waals surface area contributed by atoms with Crippen LogP contribution in [0.1, 0.15) is 57.5 Å². The minimum Gasteiger partial charge on any atom is -0.352 e. The maximum Gasteiger partial charge on any atom is 0.251 e. The number of carbonyl (C=O) groups is 1. The monoisotopic (exact) mass is 247 g/mol. The number of amides is 1. The second-order valence-corrected chi connectivity index (χ2v) is 7.07. The lowest BCUT2D eigenvalue weighted by Crippen LogP contribution is -2.32. The maximum absolute atomic E-state index is 11.9. The first-order valence-corrected chi connectivity index (χ1v) is 6.48. The van der Waals surface area contributed by atoms with Crippen LogP contribution < -0.4 is 5.32 Å². The number of hydrogen-bond donors (Lipinski definition) is 1. The summed E-state index contributed by atoms with van der Waals surface area (Å²) in [4.78, 5) is 11.9. The molecule has 0 fully saturated rings. The summed E-state index contributed by atoms with van der Waals surface area (Å²) in [6, 6.07) is 7.87. The molecule has 0 aliphatic rings. The van der Waals surface area contributed by atoms with Crippen molar-refractivity contribution in [1.29, 1.82) is 0 Å². The van der Waals surface area contributed by atoms with Crippen molar-refractivity contribution in [2.75, 3.05) is 6.54 Å². The van der Waals surface area contributed by atoms with E-state index in [1.807, 2.05) is 24.3 Å². The molecule has 18 heavy (non-hydrogen) atoms. The predicted molar refractivity (Wildman–Crippen MR) is 76.9 cm³/mol. The molecule has 0 atom stereocenters. The third-order valence-corrected chi connectivity index (χ3v) is 2.79. The lowest BCUT2D eigenvalue weighted by atomic mass is 9.86. The Kier molecular flexibility index (Phi) is 4.20. The van der Waals surface area contributed by atoms with Gasteiger partial charge in [0.2, 0.25) is 0 Å². The summed E-state index contributed by atoms with van der Waals surface area (Å²) in [5, 5.41) is 2.96. The van der Waals surface area contributed by atoms with Crippen LogP contribution in [0.3, 0.4) is 0 Å². The van der Waals surface area contributed by atoms with E-state index in [9.17, 15) is 4.79 Å². The number of carbonyl (C=O) groups excluding carboxylic acids is 1. The van der Waals surface area contributed by atoms with Crippen LogP contribution in [-0.4, -0.2) is 12.5 Å². The van der Waals surface area contributed by atoms with Gasteiger partial charge in [-0.3, -0.25) is 4.79 Å². The van der Waals surface area contributed by atoms with Crippen LogP contribution in [-0.2, 0) is 5.41 Å². The summed E-state index contributed by atoms with van der Waals surface area (Å²) in [6.07, 6.45) is 0. The zero-order chi connectivity index (χ0) is 14.0. The quantitative estimate of drug-likeness (QED) is 0.847. The van der Waals surface area contributed by atoms with E-state index in [-0.39, 0.29) is 16.7 Å². The molecule has 2 nitrogen and oxygen atoms in total. The largest absolute Gasteiger partial charge is 0.352 e. The smallest absolute Gasteiger partial charge is 0.251 e. The van der Waals surface area contributed by atoms with Gasteiger partial charge in [0, 0.05) is 12.1 Å². The van der Waals surface area contributed by atoms with Crippen LogP contribution in [0.5, 0.6) is 0 Å². The zero-order valence-corrected chi connectivity index (χ0v) is 12.4. The van der Waals surface area contributed by atoms with Crippen LogP contribution in [0.2, 0.25) is 0 Å². The minimum absolute atomic E-state index is 0.00499. The van der Waals surface area contributed by atoms with Crippen molar-refractivity contribution >= 4 is 5.91 Å². The van der Waals surface area contributed by atoms with Crippen LogP contribution in [0.15, 0.2) is 24.3 Å².